The molecule has 2 unspecified atom stereocenters. The molecule has 1 heterocycles. The molecule has 1 N–H and O–H groups in total. The Kier molecular flexibility index (Phi) is 3.88. The average molecular weight is 261 g/mol. The van der Waals surface area contributed by atoms with Gasteiger partial charge in [0.1, 0.15) is 5.75 Å². The van der Waals surface area contributed by atoms with Crippen molar-refractivity contribution < 1.29 is 14.3 Å². The van der Waals surface area contributed by atoms with Crippen LogP contribution in [-0.4, -0.2) is 17.9 Å². The van der Waals surface area contributed by atoms with Crippen molar-refractivity contribution in [1.82, 2.24) is 5.32 Å². The molecule has 4 nitrogen and oxygen atoms in total. The zero-order valence-corrected chi connectivity index (χ0v) is 11.5. The van der Waals surface area contributed by atoms with E-state index in [1.165, 1.54) is 0 Å². The maximum atomic E-state index is 11.7. The quantitative estimate of drug-likeness (QED) is 0.849. The lowest BCUT2D eigenvalue weighted by Gasteiger charge is -2.28. The standard InChI is InChI=1S/C15H19NO3/c1-9(2)19-12-6-4-5-11(7-12)13-8-14(17)16-15(18)10(13)3/h4-7,9-10,13H,8H2,1-3H3,(H,16,17,18). The molecule has 1 aromatic carbocycles. The third kappa shape index (κ3) is 3.13. The number of hydrogen-bond acceptors (Lipinski definition) is 3. The molecule has 0 radical (unpaired) electrons. The third-order valence-corrected chi connectivity index (χ3v) is 3.34. The summed E-state index contributed by atoms with van der Waals surface area (Å²) in [4.78, 5) is 23.2. The molecule has 1 saturated heterocycles. The monoisotopic (exact) mass is 261 g/mol. The van der Waals surface area contributed by atoms with Crippen LogP contribution < -0.4 is 10.1 Å². The van der Waals surface area contributed by atoms with Gasteiger partial charge in [-0.3, -0.25) is 14.9 Å². The van der Waals surface area contributed by atoms with Crippen molar-refractivity contribution in [2.45, 2.75) is 39.2 Å². The van der Waals surface area contributed by atoms with Crippen LogP contribution in [0.4, 0.5) is 0 Å². The van der Waals surface area contributed by atoms with Crippen LogP contribution in [0, 0.1) is 5.92 Å². The summed E-state index contributed by atoms with van der Waals surface area (Å²) >= 11 is 0. The second kappa shape index (κ2) is 5.43. The molecule has 1 aliphatic heterocycles. The Morgan fingerprint density at radius 2 is 2.05 bits per heavy atom. The smallest absolute Gasteiger partial charge is 0.230 e. The molecule has 0 bridgehead atoms. The lowest BCUT2D eigenvalue weighted by Crippen LogP contribution is -2.43. The molecule has 2 rings (SSSR count). The van der Waals surface area contributed by atoms with E-state index in [9.17, 15) is 9.59 Å². The Balaban J connectivity index is 2.25. The molecule has 0 aliphatic carbocycles. The number of amides is 2. The highest BCUT2D eigenvalue weighted by molar-refractivity contribution is 5.99. The van der Waals surface area contributed by atoms with Gasteiger partial charge < -0.3 is 4.74 Å². The summed E-state index contributed by atoms with van der Waals surface area (Å²) in [5.74, 6) is 0.0989. The highest BCUT2D eigenvalue weighted by atomic mass is 16.5. The number of carbonyl (C=O) groups excluding carboxylic acids is 2. The Morgan fingerprint density at radius 1 is 1.32 bits per heavy atom. The summed E-state index contributed by atoms with van der Waals surface area (Å²) in [5.41, 5.74) is 0.980. The predicted molar refractivity (Wildman–Crippen MR) is 71.9 cm³/mol. The summed E-state index contributed by atoms with van der Waals surface area (Å²) in [6.07, 6.45) is 0.446. The van der Waals surface area contributed by atoms with Crippen LogP contribution in [0.2, 0.25) is 0 Å². The first-order valence-corrected chi connectivity index (χ1v) is 6.57. The van der Waals surface area contributed by atoms with Crippen LogP contribution in [0.25, 0.3) is 0 Å². The van der Waals surface area contributed by atoms with Gasteiger partial charge in [-0.2, -0.15) is 0 Å². The molecule has 0 saturated carbocycles. The zero-order chi connectivity index (χ0) is 14.0. The molecule has 2 amide bonds. The highest BCUT2D eigenvalue weighted by Crippen LogP contribution is 2.32. The van der Waals surface area contributed by atoms with Gasteiger partial charge in [-0.25, -0.2) is 0 Å². The summed E-state index contributed by atoms with van der Waals surface area (Å²) in [7, 11) is 0. The van der Waals surface area contributed by atoms with E-state index < -0.39 is 0 Å². The highest BCUT2D eigenvalue weighted by Gasteiger charge is 2.33. The molecule has 0 spiro atoms. The Bertz CT molecular complexity index is 496. The normalized spacial score (nSPS) is 23.4. The number of piperidine rings is 1. The number of rotatable bonds is 3. The maximum absolute atomic E-state index is 11.7. The lowest BCUT2D eigenvalue weighted by atomic mass is 9.81. The first-order valence-electron chi connectivity index (χ1n) is 6.57. The average Bonchev–Trinajstić information content (AvgIpc) is 2.33. The summed E-state index contributed by atoms with van der Waals surface area (Å²) in [6, 6.07) is 7.66. The number of imide groups is 1. The summed E-state index contributed by atoms with van der Waals surface area (Å²) in [5, 5.41) is 2.37. The lowest BCUT2D eigenvalue weighted by molar-refractivity contribution is -0.136. The van der Waals surface area contributed by atoms with Gasteiger partial charge >= 0.3 is 0 Å². The minimum Gasteiger partial charge on any atom is -0.491 e. The Hall–Kier alpha value is -1.84. The van der Waals surface area contributed by atoms with Crippen molar-refractivity contribution in [2.75, 3.05) is 0 Å². The molecule has 1 aromatic rings. The third-order valence-electron chi connectivity index (χ3n) is 3.34. The fourth-order valence-corrected chi connectivity index (χ4v) is 2.36. The van der Waals surface area contributed by atoms with Gasteiger partial charge in [-0.05, 0) is 31.5 Å². The van der Waals surface area contributed by atoms with Crippen molar-refractivity contribution in [3.8, 4) is 5.75 Å². The molecule has 1 fully saturated rings. The zero-order valence-electron chi connectivity index (χ0n) is 11.5. The van der Waals surface area contributed by atoms with Gasteiger partial charge in [0.2, 0.25) is 11.8 Å². The summed E-state index contributed by atoms with van der Waals surface area (Å²) in [6.45, 7) is 5.78. The second-order valence-electron chi connectivity index (χ2n) is 5.25. The number of carbonyl (C=O) groups is 2. The van der Waals surface area contributed by atoms with E-state index in [1.54, 1.807) is 0 Å². The molecule has 1 aliphatic rings. The van der Waals surface area contributed by atoms with Crippen LogP contribution >= 0.6 is 0 Å². The van der Waals surface area contributed by atoms with Gasteiger partial charge in [0.05, 0.1) is 6.10 Å². The van der Waals surface area contributed by atoms with Crippen molar-refractivity contribution in [1.29, 1.82) is 0 Å². The van der Waals surface area contributed by atoms with Crippen molar-refractivity contribution in [2.24, 2.45) is 5.92 Å². The fourth-order valence-electron chi connectivity index (χ4n) is 2.36. The van der Waals surface area contributed by atoms with Crippen molar-refractivity contribution >= 4 is 11.8 Å². The van der Waals surface area contributed by atoms with Gasteiger partial charge in [0.15, 0.2) is 0 Å². The van der Waals surface area contributed by atoms with E-state index >= 15 is 0 Å². The fraction of sp³-hybridized carbons (Fsp3) is 0.467. The van der Waals surface area contributed by atoms with Crippen LogP contribution in [0.15, 0.2) is 24.3 Å². The van der Waals surface area contributed by atoms with Crippen LogP contribution in [0.5, 0.6) is 5.75 Å². The van der Waals surface area contributed by atoms with Crippen LogP contribution in [0.1, 0.15) is 38.7 Å². The predicted octanol–water partition coefficient (Wildman–Crippen LogP) is 2.24. The van der Waals surface area contributed by atoms with E-state index in [4.69, 9.17) is 4.74 Å². The van der Waals surface area contributed by atoms with Crippen molar-refractivity contribution in [3.63, 3.8) is 0 Å². The van der Waals surface area contributed by atoms with Crippen LogP contribution in [-0.2, 0) is 9.59 Å². The van der Waals surface area contributed by atoms with Gasteiger partial charge in [0, 0.05) is 18.3 Å². The van der Waals surface area contributed by atoms with E-state index in [-0.39, 0.29) is 29.8 Å². The first-order chi connectivity index (χ1) is 8.97. The number of ether oxygens (including phenoxy) is 1. The number of nitrogens with one attached hydrogen (secondary N) is 1. The topological polar surface area (TPSA) is 55.4 Å². The minimum atomic E-state index is -0.205. The number of hydrogen-bond donors (Lipinski definition) is 1. The van der Waals surface area contributed by atoms with E-state index in [0.717, 1.165) is 11.3 Å². The van der Waals surface area contributed by atoms with E-state index in [0.29, 0.717) is 6.42 Å². The SMILES string of the molecule is CC(C)Oc1cccc(C2CC(=O)NC(=O)C2C)c1. The molecule has 0 aromatic heterocycles. The molecular formula is C15H19NO3. The first kappa shape index (κ1) is 13.6. The number of benzene rings is 1. The second-order valence-corrected chi connectivity index (χ2v) is 5.25. The molecular weight excluding hydrogens is 242 g/mol. The van der Waals surface area contributed by atoms with Crippen LogP contribution in [0.3, 0.4) is 0 Å². The molecule has 102 valence electrons. The molecule has 2 atom stereocenters. The van der Waals surface area contributed by atoms with E-state index in [2.05, 4.69) is 5.32 Å². The van der Waals surface area contributed by atoms with Gasteiger partial charge in [-0.1, -0.05) is 19.1 Å². The van der Waals surface area contributed by atoms with Crippen molar-refractivity contribution in [3.05, 3.63) is 29.8 Å². The Morgan fingerprint density at radius 3 is 2.74 bits per heavy atom. The van der Waals surface area contributed by atoms with E-state index in [1.807, 2.05) is 45.0 Å². The maximum Gasteiger partial charge on any atom is 0.230 e. The minimum absolute atomic E-state index is 0.0723. The van der Waals surface area contributed by atoms with Gasteiger partial charge in [0.25, 0.3) is 0 Å². The molecule has 19 heavy (non-hydrogen) atoms. The summed E-state index contributed by atoms with van der Waals surface area (Å²) < 4.78 is 5.65. The van der Waals surface area contributed by atoms with Gasteiger partial charge in [-0.15, -0.1) is 0 Å². The molecule has 4 heteroatoms. The largest absolute Gasteiger partial charge is 0.491 e. The Labute approximate surface area is 113 Å².